The van der Waals surface area contributed by atoms with Gasteiger partial charge in [0.05, 0.1) is 23.7 Å². The summed E-state index contributed by atoms with van der Waals surface area (Å²) < 4.78 is 11.1. The third-order valence-electron chi connectivity index (χ3n) is 4.56. The molecule has 3 aromatic heterocycles. The Morgan fingerprint density at radius 2 is 2.08 bits per heavy atom. The van der Waals surface area contributed by atoms with Crippen LogP contribution in [0.5, 0.6) is 5.75 Å². The summed E-state index contributed by atoms with van der Waals surface area (Å²) in [5.41, 5.74) is 3.54. The molecule has 5 aromatic rings. The molecule has 0 spiro atoms. The van der Waals surface area contributed by atoms with E-state index in [-0.39, 0.29) is 11.1 Å². The Morgan fingerprint density at radius 1 is 1.19 bits per heavy atom. The molecule has 0 fully saturated rings. The molecule has 0 atom stereocenters. The number of aryl methyl sites for hydroxylation is 1. The largest absolute Gasteiger partial charge is 0.496 e. The molecule has 0 radical (unpaired) electrons. The minimum absolute atomic E-state index is 0.189. The van der Waals surface area contributed by atoms with Crippen LogP contribution < -0.4 is 10.3 Å². The van der Waals surface area contributed by atoms with Gasteiger partial charge in [-0.1, -0.05) is 6.07 Å². The summed E-state index contributed by atoms with van der Waals surface area (Å²) in [5.74, 6) is 1.09. The first-order valence-corrected chi connectivity index (χ1v) is 8.10. The molecule has 0 unspecified atom stereocenters. The standard InChI is InChI=1S/C19H14N4O3/c1-9-11-8-10(6-7-12(11)23-22-9)18-20-16-15-13(25-2)4-3-5-14(15)26-17(16)19(24)21-18/h3-8H,1-2H3,(H,22,23)(H,20,21,24). The normalized spacial score (nSPS) is 11.6. The Morgan fingerprint density at radius 3 is 2.92 bits per heavy atom. The van der Waals surface area contributed by atoms with E-state index in [4.69, 9.17) is 9.15 Å². The molecule has 7 nitrogen and oxygen atoms in total. The molecule has 0 saturated carbocycles. The molecule has 0 aliphatic heterocycles. The zero-order valence-electron chi connectivity index (χ0n) is 14.1. The van der Waals surface area contributed by atoms with Gasteiger partial charge in [0, 0.05) is 10.9 Å². The summed E-state index contributed by atoms with van der Waals surface area (Å²) >= 11 is 0. The number of aromatic nitrogens is 4. The van der Waals surface area contributed by atoms with E-state index < -0.39 is 0 Å². The first kappa shape index (κ1) is 14.7. The Balaban J connectivity index is 1.84. The summed E-state index contributed by atoms with van der Waals surface area (Å²) in [5, 5.41) is 8.85. The molecule has 2 N–H and O–H groups in total. The summed E-state index contributed by atoms with van der Waals surface area (Å²) in [4.78, 5) is 20.0. The lowest BCUT2D eigenvalue weighted by atomic mass is 10.1. The second kappa shape index (κ2) is 5.19. The van der Waals surface area contributed by atoms with E-state index >= 15 is 0 Å². The second-order valence-electron chi connectivity index (χ2n) is 6.10. The molecule has 26 heavy (non-hydrogen) atoms. The average molecular weight is 346 g/mol. The van der Waals surface area contributed by atoms with Gasteiger partial charge in [0.2, 0.25) is 5.58 Å². The van der Waals surface area contributed by atoms with Crippen LogP contribution in [0.4, 0.5) is 0 Å². The predicted molar refractivity (Wildman–Crippen MR) is 98.5 cm³/mol. The number of hydrogen-bond acceptors (Lipinski definition) is 5. The fraction of sp³-hybridized carbons (Fsp3) is 0.105. The van der Waals surface area contributed by atoms with Crippen molar-refractivity contribution in [2.75, 3.05) is 7.11 Å². The smallest absolute Gasteiger partial charge is 0.294 e. The van der Waals surface area contributed by atoms with Gasteiger partial charge < -0.3 is 14.1 Å². The maximum absolute atomic E-state index is 12.6. The van der Waals surface area contributed by atoms with Crippen molar-refractivity contribution in [2.45, 2.75) is 6.92 Å². The van der Waals surface area contributed by atoms with Gasteiger partial charge in [-0.3, -0.25) is 9.89 Å². The van der Waals surface area contributed by atoms with E-state index in [0.29, 0.717) is 28.1 Å². The molecule has 128 valence electrons. The van der Waals surface area contributed by atoms with E-state index in [9.17, 15) is 4.79 Å². The third-order valence-corrected chi connectivity index (χ3v) is 4.56. The highest BCUT2D eigenvalue weighted by Gasteiger charge is 2.17. The van der Waals surface area contributed by atoms with E-state index in [2.05, 4.69) is 20.2 Å². The molecule has 7 heteroatoms. The van der Waals surface area contributed by atoms with Gasteiger partial charge in [-0.05, 0) is 37.3 Å². The van der Waals surface area contributed by atoms with Crippen molar-refractivity contribution in [3.63, 3.8) is 0 Å². The number of methoxy groups -OCH3 is 1. The number of aromatic amines is 2. The zero-order chi connectivity index (χ0) is 17.8. The van der Waals surface area contributed by atoms with E-state index in [1.54, 1.807) is 13.2 Å². The van der Waals surface area contributed by atoms with Crippen molar-refractivity contribution in [3.05, 3.63) is 52.4 Å². The van der Waals surface area contributed by atoms with Gasteiger partial charge in [-0.2, -0.15) is 5.10 Å². The maximum Gasteiger partial charge on any atom is 0.294 e. The van der Waals surface area contributed by atoms with Crippen LogP contribution in [-0.4, -0.2) is 27.3 Å². The number of fused-ring (bicyclic) bond motifs is 4. The molecule has 2 aromatic carbocycles. The average Bonchev–Trinajstić information content (AvgIpc) is 3.22. The van der Waals surface area contributed by atoms with Crippen LogP contribution in [0.15, 0.2) is 45.6 Å². The molecule has 0 amide bonds. The topological polar surface area (TPSA) is 96.8 Å². The molecule has 0 aliphatic rings. The van der Waals surface area contributed by atoms with Gasteiger partial charge in [0.25, 0.3) is 5.56 Å². The van der Waals surface area contributed by atoms with E-state index in [1.165, 1.54) is 0 Å². The maximum atomic E-state index is 12.6. The summed E-state index contributed by atoms with van der Waals surface area (Å²) in [6.07, 6.45) is 0. The van der Waals surface area contributed by atoms with Crippen LogP contribution >= 0.6 is 0 Å². The van der Waals surface area contributed by atoms with Crippen molar-refractivity contribution in [3.8, 4) is 17.1 Å². The Kier molecular flexibility index (Phi) is 2.94. The predicted octanol–water partition coefficient (Wildman–Crippen LogP) is 3.53. The van der Waals surface area contributed by atoms with Crippen LogP contribution in [0.1, 0.15) is 5.69 Å². The minimum Gasteiger partial charge on any atom is -0.496 e. The quantitative estimate of drug-likeness (QED) is 0.510. The zero-order valence-corrected chi connectivity index (χ0v) is 14.1. The van der Waals surface area contributed by atoms with Crippen molar-refractivity contribution in [1.82, 2.24) is 20.2 Å². The van der Waals surface area contributed by atoms with Crippen LogP contribution in [0.25, 0.3) is 44.4 Å². The third kappa shape index (κ3) is 1.97. The molecule has 0 bridgehead atoms. The molecule has 3 heterocycles. The first-order valence-electron chi connectivity index (χ1n) is 8.10. The van der Waals surface area contributed by atoms with Crippen LogP contribution in [0.2, 0.25) is 0 Å². The summed E-state index contributed by atoms with van der Waals surface area (Å²) in [6.45, 7) is 1.93. The molecular formula is C19H14N4O3. The Hall–Kier alpha value is -3.61. The highest BCUT2D eigenvalue weighted by atomic mass is 16.5. The van der Waals surface area contributed by atoms with E-state index in [1.807, 2.05) is 37.3 Å². The van der Waals surface area contributed by atoms with Gasteiger partial charge in [0.15, 0.2) is 0 Å². The molecule has 5 rings (SSSR count). The molecule has 0 saturated heterocycles. The Bertz CT molecular complexity index is 1360. The monoisotopic (exact) mass is 346 g/mol. The van der Waals surface area contributed by atoms with Crippen LogP contribution in [0, 0.1) is 6.92 Å². The summed E-state index contributed by atoms with van der Waals surface area (Å²) in [7, 11) is 1.58. The number of nitrogens with zero attached hydrogens (tertiary/aromatic N) is 2. The Labute approximate surface area is 146 Å². The second-order valence-corrected chi connectivity index (χ2v) is 6.10. The fourth-order valence-corrected chi connectivity index (χ4v) is 3.27. The summed E-state index contributed by atoms with van der Waals surface area (Å²) in [6, 6.07) is 11.2. The number of ether oxygens (including phenoxy) is 1. The van der Waals surface area contributed by atoms with Gasteiger partial charge >= 0.3 is 0 Å². The van der Waals surface area contributed by atoms with Crippen molar-refractivity contribution in [2.24, 2.45) is 0 Å². The first-order chi connectivity index (χ1) is 12.7. The SMILES string of the molecule is COc1cccc2oc3c(=O)[nH]c(-c4ccc5[nH]nc(C)c5c4)nc3c12. The van der Waals surface area contributed by atoms with Crippen molar-refractivity contribution in [1.29, 1.82) is 0 Å². The molecular weight excluding hydrogens is 332 g/mol. The van der Waals surface area contributed by atoms with Crippen LogP contribution in [-0.2, 0) is 0 Å². The van der Waals surface area contributed by atoms with Gasteiger partial charge in [-0.25, -0.2) is 4.98 Å². The van der Waals surface area contributed by atoms with Crippen molar-refractivity contribution >= 4 is 33.0 Å². The number of rotatable bonds is 2. The number of nitrogens with one attached hydrogen (secondary N) is 2. The number of furan rings is 1. The lowest BCUT2D eigenvalue weighted by Crippen LogP contribution is -2.08. The van der Waals surface area contributed by atoms with E-state index in [0.717, 1.165) is 22.2 Å². The number of H-pyrrole nitrogens is 2. The number of hydrogen-bond donors (Lipinski definition) is 2. The lowest BCUT2D eigenvalue weighted by Gasteiger charge is -2.03. The number of benzene rings is 2. The van der Waals surface area contributed by atoms with Gasteiger partial charge in [0.1, 0.15) is 22.7 Å². The van der Waals surface area contributed by atoms with Gasteiger partial charge in [-0.15, -0.1) is 0 Å². The lowest BCUT2D eigenvalue weighted by molar-refractivity contribution is 0.420. The highest BCUT2D eigenvalue weighted by Crippen LogP contribution is 2.33. The highest BCUT2D eigenvalue weighted by molar-refractivity contribution is 6.06. The molecule has 0 aliphatic carbocycles. The minimum atomic E-state index is -0.327. The van der Waals surface area contributed by atoms with Crippen LogP contribution in [0.3, 0.4) is 0 Å². The fourth-order valence-electron chi connectivity index (χ4n) is 3.27. The van der Waals surface area contributed by atoms with Crippen molar-refractivity contribution < 1.29 is 9.15 Å².